The minimum atomic E-state index is 0.246. The number of hydrogen-bond donors (Lipinski definition) is 2. The van der Waals surface area contributed by atoms with Gasteiger partial charge in [-0.25, -0.2) is 0 Å². The van der Waals surface area contributed by atoms with E-state index in [1.54, 1.807) is 0 Å². The Labute approximate surface area is 95.9 Å². The van der Waals surface area contributed by atoms with Gasteiger partial charge in [0.25, 0.3) is 0 Å². The summed E-state index contributed by atoms with van der Waals surface area (Å²) in [5.74, 6) is 5.86. The average molecular weight is 222 g/mol. The lowest BCUT2D eigenvalue weighted by Crippen LogP contribution is -2.27. The molecule has 0 spiro atoms. The Morgan fingerprint density at radius 2 is 2.33 bits per heavy atom. The topological polar surface area (TPSA) is 38.0 Å². The standard InChI is InChI=1S/C12H18N2S/c1-3-5-8-14-11(9-13)12-7-6-10(4-2)15-12/h6-7,11,14H,4,8-9,13H2,1-2H3. The lowest BCUT2D eigenvalue weighted by atomic mass is 10.2. The third-order valence-corrected chi connectivity index (χ3v) is 3.57. The molecule has 0 fully saturated rings. The van der Waals surface area contributed by atoms with Crippen LogP contribution in [0, 0.1) is 11.8 Å². The van der Waals surface area contributed by atoms with E-state index in [0.29, 0.717) is 13.1 Å². The van der Waals surface area contributed by atoms with Crippen LogP contribution in [0.3, 0.4) is 0 Å². The lowest BCUT2D eigenvalue weighted by Gasteiger charge is -2.12. The molecule has 0 amide bonds. The first-order valence-electron chi connectivity index (χ1n) is 5.23. The van der Waals surface area contributed by atoms with Gasteiger partial charge < -0.3 is 5.73 Å². The van der Waals surface area contributed by atoms with Crippen LogP contribution in [0.25, 0.3) is 0 Å². The second-order valence-corrected chi connectivity index (χ2v) is 4.45. The highest BCUT2D eigenvalue weighted by molar-refractivity contribution is 7.12. The van der Waals surface area contributed by atoms with Gasteiger partial charge in [0.2, 0.25) is 0 Å². The maximum Gasteiger partial charge on any atom is 0.0581 e. The van der Waals surface area contributed by atoms with Gasteiger partial charge in [-0.2, -0.15) is 0 Å². The molecule has 0 aliphatic heterocycles. The SMILES string of the molecule is CC#CCNC(CN)c1ccc(CC)s1. The summed E-state index contributed by atoms with van der Waals surface area (Å²) >= 11 is 1.83. The third kappa shape index (κ3) is 3.67. The van der Waals surface area contributed by atoms with Crippen molar-refractivity contribution in [3.05, 3.63) is 21.9 Å². The van der Waals surface area contributed by atoms with E-state index in [1.165, 1.54) is 9.75 Å². The van der Waals surface area contributed by atoms with Crippen molar-refractivity contribution in [1.82, 2.24) is 5.32 Å². The Morgan fingerprint density at radius 1 is 1.53 bits per heavy atom. The molecule has 1 unspecified atom stereocenters. The summed E-state index contributed by atoms with van der Waals surface area (Å²) in [5.41, 5.74) is 5.73. The largest absolute Gasteiger partial charge is 0.329 e. The zero-order chi connectivity index (χ0) is 11.1. The van der Waals surface area contributed by atoms with Crippen molar-refractivity contribution in [1.29, 1.82) is 0 Å². The van der Waals surface area contributed by atoms with Crippen LogP contribution >= 0.6 is 11.3 Å². The van der Waals surface area contributed by atoms with Crippen molar-refractivity contribution in [2.75, 3.05) is 13.1 Å². The van der Waals surface area contributed by atoms with E-state index in [-0.39, 0.29) is 6.04 Å². The molecule has 1 atom stereocenters. The molecule has 3 heteroatoms. The predicted octanol–water partition coefficient (Wildman–Crippen LogP) is 1.92. The van der Waals surface area contributed by atoms with Crippen molar-refractivity contribution >= 4 is 11.3 Å². The molecule has 3 N–H and O–H groups in total. The molecule has 82 valence electrons. The summed E-state index contributed by atoms with van der Waals surface area (Å²) in [6.07, 6.45) is 1.09. The molecule has 1 aromatic rings. The first-order valence-corrected chi connectivity index (χ1v) is 6.05. The van der Waals surface area contributed by atoms with Gasteiger partial charge in [0.15, 0.2) is 0 Å². The van der Waals surface area contributed by atoms with Gasteiger partial charge in [-0.15, -0.1) is 17.3 Å². The van der Waals surface area contributed by atoms with Crippen LogP contribution in [-0.4, -0.2) is 13.1 Å². The van der Waals surface area contributed by atoms with E-state index >= 15 is 0 Å². The van der Waals surface area contributed by atoms with E-state index in [4.69, 9.17) is 5.73 Å². The molecule has 0 aliphatic rings. The lowest BCUT2D eigenvalue weighted by molar-refractivity contribution is 0.591. The fraction of sp³-hybridized carbons (Fsp3) is 0.500. The van der Waals surface area contributed by atoms with E-state index in [2.05, 4.69) is 36.2 Å². The van der Waals surface area contributed by atoms with Crippen LogP contribution in [0.4, 0.5) is 0 Å². The fourth-order valence-corrected chi connectivity index (χ4v) is 2.38. The van der Waals surface area contributed by atoms with Crippen molar-refractivity contribution < 1.29 is 0 Å². The van der Waals surface area contributed by atoms with Crippen molar-refractivity contribution in [3.8, 4) is 11.8 Å². The highest BCUT2D eigenvalue weighted by Crippen LogP contribution is 2.22. The Hall–Kier alpha value is -0.820. The first-order chi connectivity index (χ1) is 7.31. The maximum absolute atomic E-state index is 5.73. The summed E-state index contributed by atoms with van der Waals surface area (Å²) in [7, 11) is 0. The number of rotatable bonds is 5. The minimum absolute atomic E-state index is 0.246. The molecule has 0 aliphatic carbocycles. The maximum atomic E-state index is 5.73. The van der Waals surface area contributed by atoms with Gasteiger partial charge >= 0.3 is 0 Å². The van der Waals surface area contributed by atoms with Gasteiger partial charge in [-0.05, 0) is 25.5 Å². The van der Waals surface area contributed by atoms with Crippen LogP contribution in [-0.2, 0) is 6.42 Å². The molecule has 0 saturated carbocycles. The van der Waals surface area contributed by atoms with E-state index in [9.17, 15) is 0 Å². The van der Waals surface area contributed by atoms with Gasteiger partial charge in [0, 0.05) is 16.3 Å². The molecule has 0 saturated heterocycles. The quantitative estimate of drug-likeness (QED) is 0.747. The van der Waals surface area contributed by atoms with Crippen molar-refractivity contribution in [3.63, 3.8) is 0 Å². The van der Waals surface area contributed by atoms with Crippen molar-refractivity contribution in [2.24, 2.45) is 5.73 Å². The molecular formula is C12H18N2S. The number of nitrogens with one attached hydrogen (secondary N) is 1. The van der Waals surface area contributed by atoms with Crippen LogP contribution in [0.2, 0.25) is 0 Å². The minimum Gasteiger partial charge on any atom is -0.329 e. The molecule has 0 radical (unpaired) electrons. The van der Waals surface area contributed by atoms with Crippen molar-refractivity contribution in [2.45, 2.75) is 26.3 Å². The highest BCUT2D eigenvalue weighted by atomic mass is 32.1. The smallest absolute Gasteiger partial charge is 0.0581 e. The third-order valence-electron chi connectivity index (χ3n) is 2.22. The molecule has 15 heavy (non-hydrogen) atoms. The van der Waals surface area contributed by atoms with Gasteiger partial charge in [0.05, 0.1) is 12.6 Å². The first kappa shape index (κ1) is 12.3. The molecule has 1 rings (SSSR count). The van der Waals surface area contributed by atoms with Gasteiger partial charge in [-0.3, -0.25) is 5.32 Å². The molecule has 1 aromatic heterocycles. The zero-order valence-electron chi connectivity index (χ0n) is 9.34. The molecule has 0 aromatic carbocycles. The Balaban J connectivity index is 2.59. The van der Waals surface area contributed by atoms with Crippen LogP contribution in [0.1, 0.15) is 29.6 Å². The van der Waals surface area contributed by atoms with E-state index in [0.717, 1.165) is 6.42 Å². The monoisotopic (exact) mass is 222 g/mol. The van der Waals surface area contributed by atoms with E-state index in [1.807, 2.05) is 18.3 Å². The number of hydrogen-bond acceptors (Lipinski definition) is 3. The van der Waals surface area contributed by atoms with Crippen LogP contribution < -0.4 is 11.1 Å². The highest BCUT2D eigenvalue weighted by Gasteiger charge is 2.10. The van der Waals surface area contributed by atoms with Gasteiger partial charge in [0.1, 0.15) is 0 Å². The second-order valence-electron chi connectivity index (χ2n) is 3.25. The summed E-state index contributed by atoms with van der Waals surface area (Å²) in [6, 6.07) is 4.58. The molecule has 0 bridgehead atoms. The number of aryl methyl sites for hydroxylation is 1. The fourth-order valence-electron chi connectivity index (χ4n) is 1.33. The summed E-state index contributed by atoms with van der Waals surface area (Å²) in [5, 5.41) is 3.34. The summed E-state index contributed by atoms with van der Waals surface area (Å²) < 4.78 is 0. The molecular weight excluding hydrogens is 204 g/mol. The van der Waals surface area contributed by atoms with E-state index < -0.39 is 0 Å². The predicted molar refractivity (Wildman–Crippen MR) is 66.9 cm³/mol. The van der Waals surface area contributed by atoms with Crippen LogP contribution in [0.5, 0.6) is 0 Å². The number of thiophene rings is 1. The van der Waals surface area contributed by atoms with Gasteiger partial charge in [-0.1, -0.05) is 12.8 Å². The Morgan fingerprint density at radius 3 is 2.87 bits per heavy atom. The average Bonchev–Trinajstić information content (AvgIpc) is 2.73. The van der Waals surface area contributed by atoms with Crippen LogP contribution in [0.15, 0.2) is 12.1 Å². The normalized spacial score (nSPS) is 11.9. The molecule has 1 heterocycles. The Kier molecular flexibility index (Phi) is 5.41. The Bertz CT molecular complexity index is 346. The summed E-state index contributed by atoms with van der Waals surface area (Å²) in [6.45, 7) is 5.34. The number of nitrogens with two attached hydrogens (primary N) is 1. The second kappa shape index (κ2) is 6.62. The summed E-state index contributed by atoms with van der Waals surface area (Å²) in [4.78, 5) is 2.72. The molecule has 2 nitrogen and oxygen atoms in total. The zero-order valence-corrected chi connectivity index (χ0v) is 10.2.